The molecule has 2 unspecified atom stereocenters. The lowest BCUT2D eigenvalue weighted by molar-refractivity contribution is -0.149. The first-order chi connectivity index (χ1) is 9.59. The third kappa shape index (κ3) is 2.05. The summed E-state index contributed by atoms with van der Waals surface area (Å²) in [4.78, 5) is 37.4. The molecule has 1 N–H and O–H groups in total. The van der Waals surface area contributed by atoms with Gasteiger partial charge in [0.15, 0.2) is 0 Å². The van der Waals surface area contributed by atoms with Gasteiger partial charge in [0.1, 0.15) is 0 Å². The Morgan fingerprint density at radius 1 is 1.10 bits per heavy atom. The minimum atomic E-state index is -0.812. The summed E-state index contributed by atoms with van der Waals surface area (Å²) in [5.74, 6) is -1.82. The lowest BCUT2D eigenvalue weighted by atomic mass is 9.85. The van der Waals surface area contributed by atoms with Gasteiger partial charge in [0, 0.05) is 6.04 Å². The third-order valence-corrected chi connectivity index (χ3v) is 4.90. The Morgan fingerprint density at radius 2 is 1.70 bits per heavy atom. The van der Waals surface area contributed by atoms with E-state index in [4.69, 9.17) is 5.11 Å². The Bertz CT molecular complexity index is 458. The van der Waals surface area contributed by atoms with Gasteiger partial charge in [0.25, 0.3) is 0 Å². The molecule has 1 saturated heterocycles. The summed E-state index contributed by atoms with van der Waals surface area (Å²) in [6.07, 6.45) is 7.80. The fourth-order valence-corrected chi connectivity index (χ4v) is 3.81. The Morgan fingerprint density at radius 3 is 2.25 bits per heavy atom. The van der Waals surface area contributed by atoms with E-state index in [1.165, 1.54) is 4.90 Å². The van der Waals surface area contributed by atoms with E-state index in [0.717, 1.165) is 12.8 Å². The summed E-state index contributed by atoms with van der Waals surface area (Å²) < 4.78 is 0. The van der Waals surface area contributed by atoms with Gasteiger partial charge in [0.05, 0.1) is 17.8 Å². The molecule has 2 aliphatic carbocycles. The molecule has 0 bridgehead atoms. The van der Waals surface area contributed by atoms with Gasteiger partial charge in [-0.3, -0.25) is 19.3 Å². The van der Waals surface area contributed by atoms with Gasteiger partial charge in [-0.15, -0.1) is 0 Å². The fourth-order valence-electron chi connectivity index (χ4n) is 3.81. The van der Waals surface area contributed by atoms with Gasteiger partial charge >= 0.3 is 5.97 Å². The Balaban J connectivity index is 1.78. The number of imide groups is 1. The number of amides is 2. The second-order valence-electron chi connectivity index (χ2n) is 6.06. The Kier molecular flexibility index (Phi) is 3.36. The minimum Gasteiger partial charge on any atom is -0.481 e. The smallest absolute Gasteiger partial charge is 0.306 e. The van der Waals surface area contributed by atoms with Crippen molar-refractivity contribution in [1.82, 2.24) is 4.90 Å². The number of fused-ring (bicyclic) bond motifs is 1. The van der Waals surface area contributed by atoms with Gasteiger partial charge in [-0.1, -0.05) is 18.6 Å². The van der Waals surface area contributed by atoms with Crippen LogP contribution < -0.4 is 0 Å². The van der Waals surface area contributed by atoms with Crippen LogP contribution in [0.15, 0.2) is 12.2 Å². The first kappa shape index (κ1) is 13.3. The van der Waals surface area contributed by atoms with E-state index in [0.29, 0.717) is 25.7 Å². The summed E-state index contributed by atoms with van der Waals surface area (Å²) in [7, 11) is 0. The van der Waals surface area contributed by atoms with Crippen molar-refractivity contribution >= 4 is 17.8 Å². The summed E-state index contributed by atoms with van der Waals surface area (Å²) in [5, 5.41) is 9.14. The number of carboxylic acids is 1. The Hall–Kier alpha value is -1.65. The number of allylic oxidation sites excluding steroid dienone is 2. The molecule has 0 aromatic rings. The lowest BCUT2D eigenvalue weighted by Gasteiger charge is -2.32. The molecule has 0 aromatic carbocycles. The van der Waals surface area contributed by atoms with E-state index in [1.54, 1.807) is 0 Å². The molecule has 20 heavy (non-hydrogen) atoms. The molecular formula is C15H19NO4. The molecule has 5 nitrogen and oxygen atoms in total. The zero-order chi connectivity index (χ0) is 14.3. The number of carbonyl (C=O) groups excluding carboxylic acids is 2. The van der Waals surface area contributed by atoms with Crippen LogP contribution in [0.5, 0.6) is 0 Å². The highest BCUT2D eigenvalue weighted by atomic mass is 16.4. The maximum Gasteiger partial charge on any atom is 0.306 e. The van der Waals surface area contributed by atoms with Gasteiger partial charge in [0.2, 0.25) is 11.8 Å². The van der Waals surface area contributed by atoms with Gasteiger partial charge in [-0.05, 0) is 32.1 Å². The molecule has 0 radical (unpaired) electrons. The van der Waals surface area contributed by atoms with E-state index in [-0.39, 0.29) is 29.7 Å². The SMILES string of the molecule is O=C(O)C1CCCC(N2C(=O)[C@H]3CC=CC[C@H]3C2=O)C1. The van der Waals surface area contributed by atoms with E-state index < -0.39 is 11.9 Å². The van der Waals surface area contributed by atoms with Gasteiger partial charge in [-0.25, -0.2) is 0 Å². The monoisotopic (exact) mass is 277 g/mol. The van der Waals surface area contributed by atoms with Crippen molar-refractivity contribution < 1.29 is 19.5 Å². The number of hydrogen-bond acceptors (Lipinski definition) is 3. The first-order valence-electron chi connectivity index (χ1n) is 7.34. The molecule has 1 heterocycles. The van der Waals surface area contributed by atoms with Crippen LogP contribution in [0.1, 0.15) is 38.5 Å². The normalized spacial score (nSPS) is 37.1. The van der Waals surface area contributed by atoms with E-state index in [1.807, 2.05) is 12.2 Å². The van der Waals surface area contributed by atoms with Crippen LogP contribution in [0.4, 0.5) is 0 Å². The zero-order valence-electron chi connectivity index (χ0n) is 11.3. The summed E-state index contributed by atoms with van der Waals surface area (Å²) >= 11 is 0. The zero-order valence-corrected chi connectivity index (χ0v) is 11.3. The van der Waals surface area contributed by atoms with Crippen LogP contribution in [-0.2, 0) is 14.4 Å². The molecule has 108 valence electrons. The molecule has 3 rings (SSSR count). The van der Waals surface area contributed by atoms with Crippen LogP contribution in [0.2, 0.25) is 0 Å². The molecule has 3 aliphatic rings. The molecule has 2 fully saturated rings. The van der Waals surface area contributed by atoms with Crippen molar-refractivity contribution in [2.45, 2.75) is 44.6 Å². The van der Waals surface area contributed by atoms with Crippen molar-refractivity contribution in [3.05, 3.63) is 12.2 Å². The van der Waals surface area contributed by atoms with Crippen molar-refractivity contribution in [1.29, 1.82) is 0 Å². The van der Waals surface area contributed by atoms with Crippen molar-refractivity contribution in [3.63, 3.8) is 0 Å². The lowest BCUT2D eigenvalue weighted by Crippen LogP contribution is -2.44. The number of rotatable bonds is 2. The fraction of sp³-hybridized carbons (Fsp3) is 0.667. The quantitative estimate of drug-likeness (QED) is 0.614. The maximum absolute atomic E-state index is 12.4. The van der Waals surface area contributed by atoms with Crippen molar-refractivity contribution in [2.24, 2.45) is 17.8 Å². The minimum absolute atomic E-state index is 0.0830. The van der Waals surface area contributed by atoms with E-state index in [9.17, 15) is 14.4 Å². The Labute approximate surface area is 117 Å². The predicted octanol–water partition coefficient (Wildman–Crippen LogP) is 1.58. The van der Waals surface area contributed by atoms with Crippen molar-refractivity contribution in [2.75, 3.05) is 0 Å². The number of likely N-dealkylation sites (tertiary alicyclic amines) is 1. The largest absolute Gasteiger partial charge is 0.481 e. The topological polar surface area (TPSA) is 74.7 Å². The summed E-state index contributed by atoms with van der Waals surface area (Å²) in [5.41, 5.74) is 0. The average molecular weight is 277 g/mol. The summed E-state index contributed by atoms with van der Waals surface area (Å²) in [6, 6.07) is -0.213. The van der Waals surface area contributed by atoms with E-state index in [2.05, 4.69) is 0 Å². The van der Waals surface area contributed by atoms with Gasteiger partial charge in [-0.2, -0.15) is 0 Å². The second kappa shape index (κ2) is 5.04. The molecular weight excluding hydrogens is 258 g/mol. The highest BCUT2D eigenvalue weighted by Crippen LogP contribution is 2.39. The second-order valence-corrected chi connectivity index (χ2v) is 6.06. The van der Waals surface area contributed by atoms with E-state index >= 15 is 0 Å². The molecule has 4 atom stereocenters. The van der Waals surface area contributed by atoms with Crippen LogP contribution >= 0.6 is 0 Å². The number of carbonyl (C=O) groups is 3. The number of hydrogen-bond donors (Lipinski definition) is 1. The van der Waals surface area contributed by atoms with Crippen LogP contribution in [-0.4, -0.2) is 33.8 Å². The van der Waals surface area contributed by atoms with Crippen LogP contribution in [0.25, 0.3) is 0 Å². The van der Waals surface area contributed by atoms with Gasteiger partial charge < -0.3 is 5.11 Å². The molecule has 5 heteroatoms. The molecule has 0 aromatic heterocycles. The van der Waals surface area contributed by atoms with Crippen molar-refractivity contribution in [3.8, 4) is 0 Å². The first-order valence-corrected chi connectivity index (χ1v) is 7.34. The standard InChI is InChI=1S/C15H19NO4/c17-13-11-6-1-2-7-12(11)14(18)16(13)10-5-3-4-9(8-10)15(19)20/h1-2,9-12H,3-8H2,(H,19,20)/t9?,10?,11-,12+. The highest BCUT2D eigenvalue weighted by molar-refractivity contribution is 6.05. The highest BCUT2D eigenvalue weighted by Gasteiger charge is 2.50. The summed E-state index contributed by atoms with van der Waals surface area (Å²) in [6.45, 7) is 0. The third-order valence-electron chi connectivity index (χ3n) is 4.90. The number of nitrogens with zero attached hydrogens (tertiary/aromatic N) is 1. The average Bonchev–Trinajstić information content (AvgIpc) is 2.72. The number of aliphatic carboxylic acids is 1. The molecule has 1 saturated carbocycles. The molecule has 1 aliphatic heterocycles. The number of carboxylic acid groups (broad SMARTS) is 1. The molecule has 0 spiro atoms. The van der Waals surface area contributed by atoms with Crippen LogP contribution in [0, 0.1) is 17.8 Å². The van der Waals surface area contributed by atoms with Crippen LogP contribution in [0.3, 0.4) is 0 Å². The predicted molar refractivity (Wildman–Crippen MR) is 70.6 cm³/mol. The maximum atomic E-state index is 12.4. The molecule has 2 amide bonds.